The van der Waals surface area contributed by atoms with Gasteiger partial charge < -0.3 is 9.30 Å². The number of carbonyl (C=O) groups excluding carboxylic acids is 1. The Kier molecular flexibility index (Phi) is 3.67. The van der Waals surface area contributed by atoms with Crippen LogP contribution in [0.4, 0.5) is 0 Å². The van der Waals surface area contributed by atoms with Crippen molar-refractivity contribution in [2.24, 2.45) is 0 Å². The molecule has 0 amide bonds. The van der Waals surface area contributed by atoms with E-state index in [0.717, 1.165) is 22.6 Å². The van der Waals surface area contributed by atoms with Crippen molar-refractivity contribution >= 4 is 17.6 Å². The molecule has 0 aliphatic carbocycles. The largest absolute Gasteiger partial charge is 0.465 e. The Bertz CT molecular complexity index is 644. The van der Waals surface area contributed by atoms with Crippen LogP contribution in [0.15, 0.2) is 24.3 Å². The second-order valence-electron chi connectivity index (χ2n) is 4.55. The molecule has 0 unspecified atom stereocenters. The summed E-state index contributed by atoms with van der Waals surface area (Å²) >= 11 is 6.16. The molecule has 0 spiro atoms. The van der Waals surface area contributed by atoms with Gasteiger partial charge in [-0.05, 0) is 44.5 Å². The highest BCUT2D eigenvalue weighted by atomic mass is 35.5. The van der Waals surface area contributed by atoms with Gasteiger partial charge in [0.2, 0.25) is 0 Å². The van der Waals surface area contributed by atoms with Crippen LogP contribution >= 0.6 is 11.6 Å². The smallest absolute Gasteiger partial charge is 0.339 e. The number of esters is 1. The maximum Gasteiger partial charge on any atom is 0.339 e. The molecule has 0 saturated heterocycles. The van der Waals surface area contributed by atoms with Gasteiger partial charge in [0, 0.05) is 22.1 Å². The zero-order chi connectivity index (χ0) is 14.2. The molecule has 2 rings (SSSR count). The first-order valence-electron chi connectivity index (χ1n) is 5.99. The van der Waals surface area contributed by atoms with Gasteiger partial charge in [0.1, 0.15) is 0 Å². The lowest BCUT2D eigenvalue weighted by molar-refractivity contribution is 0.0600. The van der Waals surface area contributed by atoms with Crippen LogP contribution in [0.25, 0.3) is 5.69 Å². The summed E-state index contributed by atoms with van der Waals surface area (Å²) in [5.41, 5.74) is 4.38. The lowest BCUT2D eigenvalue weighted by atomic mass is 10.2. The second kappa shape index (κ2) is 5.10. The maximum absolute atomic E-state index is 11.7. The van der Waals surface area contributed by atoms with Crippen LogP contribution in [0.5, 0.6) is 0 Å². The topological polar surface area (TPSA) is 31.2 Å². The molecular formula is C15H16ClNO2. The predicted octanol–water partition coefficient (Wildman–Crippen LogP) is 3.84. The van der Waals surface area contributed by atoms with E-state index >= 15 is 0 Å². The first kappa shape index (κ1) is 13.7. The number of nitrogens with zero attached hydrogens (tertiary/aromatic N) is 1. The van der Waals surface area contributed by atoms with Crippen LogP contribution in [0.2, 0.25) is 5.02 Å². The van der Waals surface area contributed by atoms with E-state index in [9.17, 15) is 4.79 Å². The van der Waals surface area contributed by atoms with E-state index in [2.05, 4.69) is 0 Å². The SMILES string of the molecule is COC(=O)c1cc(C)n(-c2ccc(C)c(Cl)c2)c1C. The molecule has 1 aromatic carbocycles. The van der Waals surface area contributed by atoms with E-state index in [1.165, 1.54) is 7.11 Å². The first-order valence-corrected chi connectivity index (χ1v) is 6.37. The number of ether oxygens (including phenoxy) is 1. The van der Waals surface area contributed by atoms with Crippen LogP contribution in [0.3, 0.4) is 0 Å². The summed E-state index contributed by atoms with van der Waals surface area (Å²) in [4.78, 5) is 11.7. The van der Waals surface area contributed by atoms with Gasteiger partial charge in [-0.1, -0.05) is 17.7 Å². The fraction of sp³-hybridized carbons (Fsp3) is 0.267. The standard InChI is InChI=1S/C15H16ClNO2/c1-9-5-6-12(8-14(9)16)17-10(2)7-13(11(17)3)15(18)19-4/h5-8H,1-4H3. The molecular weight excluding hydrogens is 262 g/mol. The van der Waals surface area contributed by atoms with E-state index in [1.54, 1.807) is 0 Å². The Balaban J connectivity index is 2.59. The third kappa shape index (κ3) is 2.38. The van der Waals surface area contributed by atoms with Crippen molar-refractivity contribution in [3.63, 3.8) is 0 Å². The highest BCUT2D eigenvalue weighted by Gasteiger charge is 2.17. The number of hydrogen-bond acceptors (Lipinski definition) is 2. The van der Waals surface area contributed by atoms with E-state index in [1.807, 2.05) is 49.6 Å². The van der Waals surface area contributed by atoms with Gasteiger partial charge in [0.15, 0.2) is 0 Å². The quantitative estimate of drug-likeness (QED) is 0.781. The van der Waals surface area contributed by atoms with Crippen LogP contribution in [0.1, 0.15) is 27.3 Å². The monoisotopic (exact) mass is 277 g/mol. The summed E-state index contributed by atoms with van der Waals surface area (Å²) in [5.74, 6) is -0.322. The van der Waals surface area contributed by atoms with Crippen molar-refractivity contribution in [2.45, 2.75) is 20.8 Å². The van der Waals surface area contributed by atoms with E-state index < -0.39 is 0 Å². The highest BCUT2D eigenvalue weighted by molar-refractivity contribution is 6.31. The van der Waals surface area contributed by atoms with Gasteiger partial charge in [-0.3, -0.25) is 0 Å². The summed E-state index contributed by atoms with van der Waals surface area (Å²) in [6, 6.07) is 7.68. The number of methoxy groups -OCH3 is 1. The second-order valence-corrected chi connectivity index (χ2v) is 4.95. The molecule has 0 atom stereocenters. The number of aromatic nitrogens is 1. The lowest BCUT2D eigenvalue weighted by Crippen LogP contribution is -2.04. The Hall–Kier alpha value is -1.74. The van der Waals surface area contributed by atoms with Gasteiger partial charge in [-0.15, -0.1) is 0 Å². The van der Waals surface area contributed by atoms with Gasteiger partial charge in [0.25, 0.3) is 0 Å². The Morgan fingerprint density at radius 3 is 2.47 bits per heavy atom. The average molecular weight is 278 g/mol. The molecule has 0 aliphatic heterocycles. The van der Waals surface area contributed by atoms with Gasteiger partial charge >= 0.3 is 5.97 Å². The van der Waals surface area contributed by atoms with Gasteiger partial charge in [-0.25, -0.2) is 4.79 Å². The molecule has 0 fully saturated rings. The van der Waals surface area contributed by atoms with E-state index in [4.69, 9.17) is 16.3 Å². The van der Waals surface area contributed by atoms with Gasteiger partial charge in [-0.2, -0.15) is 0 Å². The Labute approximate surface area is 117 Å². The maximum atomic E-state index is 11.7. The molecule has 0 bridgehead atoms. The molecule has 3 nitrogen and oxygen atoms in total. The average Bonchev–Trinajstić information content (AvgIpc) is 2.68. The molecule has 0 saturated carbocycles. The minimum absolute atomic E-state index is 0.322. The summed E-state index contributed by atoms with van der Waals surface area (Å²) < 4.78 is 6.78. The Morgan fingerprint density at radius 1 is 1.21 bits per heavy atom. The summed E-state index contributed by atoms with van der Waals surface area (Å²) in [7, 11) is 1.39. The fourth-order valence-electron chi connectivity index (χ4n) is 2.20. The Morgan fingerprint density at radius 2 is 1.89 bits per heavy atom. The molecule has 1 heterocycles. The fourth-order valence-corrected chi connectivity index (χ4v) is 2.37. The molecule has 2 aromatic rings. The summed E-state index contributed by atoms with van der Waals surface area (Å²) in [5, 5.41) is 0.713. The predicted molar refractivity (Wildman–Crippen MR) is 76.3 cm³/mol. The first-order chi connectivity index (χ1) is 8.95. The molecule has 1 aromatic heterocycles. The van der Waals surface area contributed by atoms with Crippen molar-refractivity contribution < 1.29 is 9.53 Å². The number of carbonyl (C=O) groups is 1. The molecule has 100 valence electrons. The third-order valence-corrected chi connectivity index (χ3v) is 3.66. The number of halogens is 1. The van der Waals surface area contributed by atoms with Crippen molar-refractivity contribution in [1.29, 1.82) is 0 Å². The normalized spacial score (nSPS) is 10.6. The van der Waals surface area contributed by atoms with Crippen LogP contribution < -0.4 is 0 Å². The van der Waals surface area contributed by atoms with Crippen LogP contribution in [-0.2, 0) is 4.74 Å². The van der Waals surface area contributed by atoms with Crippen LogP contribution in [-0.4, -0.2) is 17.6 Å². The third-order valence-electron chi connectivity index (χ3n) is 3.25. The summed E-state index contributed by atoms with van der Waals surface area (Å²) in [6.07, 6.45) is 0. The summed E-state index contributed by atoms with van der Waals surface area (Å²) in [6.45, 7) is 5.81. The number of benzene rings is 1. The number of aryl methyl sites for hydroxylation is 2. The van der Waals surface area contributed by atoms with Crippen LogP contribution in [0, 0.1) is 20.8 Å². The minimum atomic E-state index is -0.322. The molecule has 4 heteroatoms. The van der Waals surface area contributed by atoms with Crippen molar-refractivity contribution in [3.8, 4) is 5.69 Å². The minimum Gasteiger partial charge on any atom is -0.465 e. The number of rotatable bonds is 2. The van der Waals surface area contributed by atoms with Crippen molar-refractivity contribution in [2.75, 3.05) is 7.11 Å². The van der Waals surface area contributed by atoms with Crippen molar-refractivity contribution in [3.05, 3.63) is 51.8 Å². The number of hydrogen-bond donors (Lipinski definition) is 0. The lowest BCUT2D eigenvalue weighted by Gasteiger charge is -2.11. The molecule has 0 aliphatic rings. The van der Waals surface area contributed by atoms with Gasteiger partial charge in [0.05, 0.1) is 12.7 Å². The zero-order valence-electron chi connectivity index (χ0n) is 11.5. The zero-order valence-corrected chi connectivity index (χ0v) is 12.2. The molecule has 19 heavy (non-hydrogen) atoms. The van der Waals surface area contributed by atoms with E-state index in [-0.39, 0.29) is 5.97 Å². The highest BCUT2D eigenvalue weighted by Crippen LogP contribution is 2.25. The molecule has 0 N–H and O–H groups in total. The molecule has 0 radical (unpaired) electrons. The van der Waals surface area contributed by atoms with E-state index in [0.29, 0.717) is 10.6 Å². The van der Waals surface area contributed by atoms with Crippen molar-refractivity contribution in [1.82, 2.24) is 4.57 Å².